The molecule has 0 heterocycles. The van der Waals surface area contributed by atoms with E-state index in [-0.39, 0.29) is 11.7 Å². The van der Waals surface area contributed by atoms with Gasteiger partial charge in [0.15, 0.2) is 0 Å². The predicted octanol–water partition coefficient (Wildman–Crippen LogP) is 3.59. The molecule has 0 aliphatic rings. The molecule has 0 radical (unpaired) electrons. The molecular weight excluding hydrogens is 271 g/mol. The van der Waals surface area contributed by atoms with Crippen molar-refractivity contribution in [1.29, 1.82) is 0 Å². The Kier molecular flexibility index (Phi) is 4.12. The van der Waals surface area contributed by atoms with Gasteiger partial charge in [-0.05, 0) is 37.1 Å². The highest BCUT2D eigenvalue weighted by Crippen LogP contribution is 2.28. The Labute approximate surface area is 122 Å². The van der Waals surface area contributed by atoms with E-state index in [0.29, 0.717) is 5.69 Å². The van der Waals surface area contributed by atoms with Crippen LogP contribution in [0.15, 0.2) is 36.4 Å². The van der Waals surface area contributed by atoms with Crippen LogP contribution in [-0.4, -0.2) is 11.1 Å². The molecular formula is C16H17FN2O2. The van der Waals surface area contributed by atoms with E-state index in [0.717, 1.165) is 23.3 Å². The second kappa shape index (κ2) is 5.83. The van der Waals surface area contributed by atoms with Crippen LogP contribution in [-0.2, 0) is 0 Å². The summed E-state index contributed by atoms with van der Waals surface area (Å²) in [6.45, 7) is 3.93. The van der Waals surface area contributed by atoms with E-state index < -0.39 is 17.3 Å². The van der Waals surface area contributed by atoms with Crippen LogP contribution in [0.25, 0.3) is 0 Å². The van der Waals surface area contributed by atoms with Gasteiger partial charge in [-0.15, -0.1) is 0 Å². The van der Waals surface area contributed by atoms with Crippen molar-refractivity contribution in [2.45, 2.75) is 19.9 Å². The van der Waals surface area contributed by atoms with Crippen molar-refractivity contribution < 1.29 is 14.3 Å². The first kappa shape index (κ1) is 14.8. The predicted molar refractivity (Wildman–Crippen MR) is 81.0 cm³/mol. The van der Waals surface area contributed by atoms with Gasteiger partial charge >= 0.3 is 5.97 Å². The number of carboxylic acids is 1. The quantitative estimate of drug-likeness (QED) is 0.752. The van der Waals surface area contributed by atoms with Crippen molar-refractivity contribution in [3.05, 3.63) is 58.9 Å². The van der Waals surface area contributed by atoms with Crippen LogP contribution < -0.4 is 11.1 Å². The summed E-state index contributed by atoms with van der Waals surface area (Å²) in [5.74, 6) is -2.14. The summed E-state index contributed by atoms with van der Waals surface area (Å²) >= 11 is 0. The minimum absolute atomic E-state index is 0.0800. The number of hydrogen-bond acceptors (Lipinski definition) is 3. The number of nitrogens with one attached hydrogen (secondary N) is 1. The van der Waals surface area contributed by atoms with Crippen molar-refractivity contribution in [1.82, 2.24) is 0 Å². The Morgan fingerprint density at radius 3 is 2.62 bits per heavy atom. The molecule has 0 spiro atoms. The molecule has 1 atom stereocenters. The van der Waals surface area contributed by atoms with Crippen molar-refractivity contribution >= 4 is 17.3 Å². The van der Waals surface area contributed by atoms with E-state index in [4.69, 9.17) is 10.8 Å². The molecule has 4 nitrogen and oxygen atoms in total. The zero-order valence-corrected chi connectivity index (χ0v) is 11.9. The topological polar surface area (TPSA) is 75.3 Å². The largest absolute Gasteiger partial charge is 0.478 e. The number of rotatable bonds is 4. The first-order chi connectivity index (χ1) is 9.90. The Balaban J connectivity index is 2.30. The fourth-order valence-electron chi connectivity index (χ4n) is 2.26. The van der Waals surface area contributed by atoms with E-state index in [2.05, 4.69) is 5.32 Å². The number of nitrogens with two attached hydrogens (primary N) is 1. The lowest BCUT2D eigenvalue weighted by Crippen LogP contribution is -2.11. The molecule has 1 unspecified atom stereocenters. The van der Waals surface area contributed by atoms with Gasteiger partial charge < -0.3 is 16.2 Å². The normalized spacial score (nSPS) is 12.0. The molecule has 2 aromatic rings. The van der Waals surface area contributed by atoms with Gasteiger partial charge in [-0.2, -0.15) is 0 Å². The number of carbonyl (C=O) groups is 1. The lowest BCUT2D eigenvalue weighted by atomic mass is 10.0. The molecule has 4 N–H and O–H groups in total. The zero-order chi connectivity index (χ0) is 15.6. The van der Waals surface area contributed by atoms with Crippen LogP contribution in [0.2, 0.25) is 0 Å². The molecule has 0 amide bonds. The van der Waals surface area contributed by atoms with Crippen molar-refractivity contribution in [2.75, 3.05) is 11.1 Å². The monoisotopic (exact) mass is 288 g/mol. The van der Waals surface area contributed by atoms with Gasteiger partial charge in [-0.1, -0.05) is 24.3 Å². The van der Waals surface area contributed by atoms with Crippen LogP contribution >= 0.6 is 0 Å². The molecule has 21 heavy (non-hydrogen) atoms. The summed E-state index contributed by atoms with van der Waals surface area (Å²) in [7, 11) is 0. The average molecular weight is 288 g/mol. The highest BCUT2D eigenvalue weighted by Gasteiger charge is 2.15. The Hall–Kier alpha value is -2.56. The SMILES string of the molecule is Cc1ccccc1C(C)Nc1cc(F)c(C(=O)O)cc1N. The highest BCUT2D eigenvalue weighted by atomic mass is 19.1. The number of nitrogen functional groups attached to an aromatic ring is 1. The summed E-state index contributed by atoms with van der Waals surface area (Å²) in [6.07, 6.45) is 0. The van der Waals surface area contributed by atoms with Gasteiger partial charge in [0, 0.05) is 6.04 Å². The van der Waals surface area contributed by atoms with Gasteiger partial charge in [-0.25, -0.2) is 9.18 Å². The molecule has 2 rings (SSSR count). The van der Waals surface area contributed by atoms with Crippen molar-refractivity contribution in [3.63, 3.8) is 0 Å². The fraction of sp³-hybridized carbons (Fsp3) is 0.188. The minimum Gasteiger partial charge on any atom is -0.478 e. The van der Waals surface area contributed by atoms with Crippen LogP contribution in [0.1, 0.15) is 34.5 Å². The van der Waals surface area contributed by atoms with Gasteiger partial charge in [0.1, 0.15) is 5.82 Å². The van der Waals surface area contributed by atoms with Crippen LogP contribution in [0.5, 0.6) is 0 Å². The summed E-state index contributed by atoms with van der Waals surface area (Å²) < 4.78 is 13.7. The third kappa shape index (κ3) is 3.13. The lowest BCUT2D eigenvalue weighted by molar-refractivity contribution is 0.0692. The number of carboxylic acid groups (broad SMARTS) is 1. The maximum atomic E-state index is 13.7. The number of anilines is 2. The van der Waals surface area contributed by atoms with Gasteiger partial charge in [0.05, 0.1) is 16.9 Å². The Morgan fingerprint density at radius 1 is 1.33 bits per heavy atom. The molecule has 0 aromatic heterocycles. The third-order valence-electron chi connectivity index (χ3n) is 3.40. The molecule has 0 bridgehead atoms. The van der Waals surface area contributed by atoms with Gasteiger partial charge in [0.25, 0.3) is 0 Å². The summed E-state index contributed by atoms with van der Waals surface area (Å²) in [5, 5.41) is 12.0. The third-order valence-corrected chi connectivity index (χ3v) is 3.40. The maximum absolute atomic E-state index is 13.7. The number of hydrogen-bond donors (Lipinski definition) is 3. The second-order valence-corrected chi connectivity index (χ2v) is 4.95. The number of aromatic carboxylic acids is 1. The molecule has 0 saturated heterocycles. The van der Waals surface area contributed by atoms with Crippen LogP contribution in [0, 0.1) is 12.7 Å². The molecule has 0 aliphatic heterocycles. The zero-order valence-electron chi connectivity index (χ0n) is 11.9. The van der Waals surface area contributed by atoms with Crippen LogP contribution in [0.4, 0.5) is 15.8 Å². The number of aryl methyl sites for hydroxylation is 1. The van der Waals surface area contributed by atoms with Crippen molar-refractivity contribution in [3.8, 4) is 0 Å². The van der Waals surface area contributed by atoms with Gasteiger partial charge in [-0.3, -0.25) is 0 Å². The van der Waals surface area contributed by atoms with Crippen LogP contribution in [0.3, 0.4) is 0 Å². The Morgan fingerprint density at radius 2 is 2.00 bits per heavy atom. The summed E-state index contributed by atoms with van der Waals surface area (Å²) in [5.41, 5.74) is 8.14. The standard InChI is InChI=1S/C16H17FN2O2/c1-9-5-3-4-6-11(9)10(2)19-15-8-13(17)12(16(20)21)7-14(15)18/h3-8,10,19H,18H2,1-2H3,(H,20,21). The molecule has 0 saturated carbocycles. The number of halogens is 1. The fourth-order valence-corrected chi connectivity index (χ4v) is 2.26. The van der Waals surface area contributed by atoms with Crippen molar-refractivity contribution in [2.24, 2.45) is 0 Å². The molecule has 5 heteroatoms. The van der Waals surface area contributed by atoms with E-state index in [1.807, 2.05) is 38.1 Å². The first-order valence-electron chi connectivity index (χ1n) is 6.54. The smallest absolute Gasteiger partial charge is 0.338 e. The van der Waals surface area contributed by atoms with E-state index in [9.17, 15) is 9.18 Å². The number of benzene rings is 2. The molecule has 2 aromatic carbocycles. The van der Waals surface area contributed by atoms with E-state index >= 15 is 0 Å². The maximum Gasteiger partial charge on any atom is 0.338 e. The first-order valence-corrected chi connectivity index (χ1v) is 6.54. The molecule has 0 aliphatic carbocycles. The molecule has 110 valence electrons. The average Bonchev–Trinajstić information content (AvgIpc) is 2.42. The highest BCUT2D eigenvalue weighted by molar-refractivity contribution is 5.90. The minimum atomic E-state index is -1.34. The second-order valence-electron chi connectivity index (χ2n) is 4.95. The Bertz CT molecular complexity index is 686. The van der Waals surface area contributed by atoms with E-state index in [1.54, 1.807) is 0 Å². The molecule has 0 fully saturated rings. The van der Waals surface area contributed by atoms with Gasteiger partial charge in [0.2, 0.25) is 0 Å². The summed E-state index contributed by atoms with van der Waals surface area (Å²) in [6, 6.07) is 10.0. The lowest BCUT2D eigenvalue weighted by Gasteiger charge is -2.19. The summed E-state index contributed by atoms with van der Waals surface area (Å²) in [4.78, 5) is 10.9. The van der Waals surface area contributed by atoms with E-state index in [1.165, 1.54) is 0 Å².